The Morgan fingerprint density at radius 2 is 1.77 bits per heavy atom. The van der Waals surface area contributed by atoms with E-state index in [1.54, 1.807) is 61.7 Å². The maximum absolute atomic E-state index is 13.8. The summed E-state index contributed by atoms with van der Waals surface area (Å²) in [4.78, 5) is 41.3. The summed E-state index contributed by atoms with van der Waals surface area (Å²) in [5, 5.41) is 18.7. The van der Waals surface area contributed by atoms with Crippen molar-refractivity contribution in [1.82, 2.24) is 4.57 Å². The number of halogens is 1. The van der Waals surface area contributed by atoms with Gasteiger partial charge in [0.2, 0.25) is 0 Å². The highest BCUT2D eigenvalue weighted by molar-refractivity contribution is 7.20. The first-order valence-electron chi connectivity index (χ1n) is 14.1. The molecular formula is C33H31ClN4O5S. The number of carbonyl (C=O) groups is 3. The number of phenols is 1. The van der Waals surface area contributed by atoms with Crippen molar-refractivity contribution in [2.45, 2.75) is 32.3 Å². The molecule has 3 heterocycles. The zero-order valence-electron chi connectivity index (χ0n) is 24.6. The molecule has 0 saturated heterocycles. The van der Waals surface area contributed by atoms with Crippen LogP contribution in [0.25, 0.3) is 20.9 Å². The Labute approximate surface area is 263 Å². The Morgan fingerprint density at radius 1 is 1.02 bits per heavy atom. The highest BCUT2D eigenvalue weighted by atomic mass is 35.5. The maximum Gasteiger partial charge on any atom is 0.412 e. The summed E-state index contributed by atoms with van der Waals surface area (Å²) >= 11 is 7.72. The third-order valence-corrected chi connectivity index (χ3v) is 8.92. The number of amides is 3. The predicted octanol–water partition coefficient (Wildman–Crippen LogP) is 7.68. The van der Waals surface area contributed by atoms with Crippen LogP contribution in [0.15, 0.2) is 66.9 Å². The Balaban J connectivity index is 1.22. The number of nitrogens with zero attached hydrogens (tertiary/aromatic N) is 2. The molecule has 3 aromatic carbocycles. The number of hydrogen-bond acceptors (Lipinski definition) is 6. The summed E-state index contributed by atoms with van der Waals surface area (Å²) in [5.74, 6) is -0.122. The quantitative estimate of drug-likeness (QED) is 0.172. The van der Waals surface area contributed by atoms with Crippen LogP contribution in [0.4, 0.5) is 21.9 Å². The van der Waals surface area contributed by atoms with Crippen molar-refractivity contribution in [3.8, 4) is 5.75 Å². The number of aromatic hydroxyl groups is 1. The van der Waals surface area contributed by atoms with E-state index >= 15 is 0 Å². The molecule has 44 heavy (non-hydrogen) atoms. The molecule has 3 amide bonds. The van der Waals surface area contributed by atoms with E-state index < -0.39 is 11.7 Å². The number of phenolic OH excluding ortho intramolecular Hbond substituents is 1. The topological polar surface area (TPSA) is 113 Å². The standard InChI is InChI=1S/C33H31ClN4O5S/c1-33(2,3)43-32(42)36-21-13-25(37(4)17-21)30(40)35-20-9-10-27-18(11-20)12-28(44-27)31(41)38-16-19(15-34)29-23-8-6-5-7-22(23)26(39)14-24(29)38/h5-14,17,19,39H,15-16H2,1-4H3,(H,35,40)(H,36,42)/t19-/m1/s1. The van der Waals surface area contributed by atoms with Crippen molar-refractivity contribution >= 4 is 78.8 Å². The molecule has 1 aliphatic heterocycles. The second-order valence-electron chi connectivity index (χ2n) is 11.8. The molecule has 5 aromatic rings. The Hall–Kier alpha value is -4.54. The maximum atomic E-state index is 13.8. The van der Waals surface area contributed by atoms with Crippen molar-refractivity contribution in [3.63, 3.8) is 0 Å². The third kappa shape index (κ3) is 5.58. The van der Waals surface area contributed by atoms with Gasteiger partial charge in [0, 0.05) is 53.4 Å². The number of fused-ring (bicyclic) bond motifs is 4. The van der Waals surface area contributed by atoms with Gasteiger partial charge in [-0.15, -0.1) is 22.9 Å². The summed E-state index contributed by atoms with van der Waals surface area (Å²) in [7, 11) is 1.71. The number of nitrogens with one attached hydrogen (secondary N) is 2. The Kier molecular flexibility index (Phi) is 7.51. The van der Waals surface area contributed by atoms with E-state index in [4.69, 9.17) is 16.3 Å². The first-order chi connectivity index (χ1) is 20.9. The number of benzene rings is 3. The van der Waals surface area contributed by atoms with Gasteiger partial charge in [0.05, 0.1) is 16.3 Å². The molecule has 1 atom stereocenters. The van der Waals surface area contributed by atoms with E-state index in [9.17, 15) is 19.5 Å². The second kappa shape index (κ2) is 11.2. The molecule has 6 rings (SSSR count). The number of carbonyl (C=O) groups excluding carboxylic acids is 3. The van der Waals surface area contributed by atoms with Crippen molar-refractivity contribution < 1.29 is 24.2 Å². The lowest BCUT2D eigenvalue weighted by Crippen LogP contribution is -2.29. The molecule has 0 spiro atoms. The number of ether oxygens (including phenoxy) is 1. The van der Waals surface area contributed by atoms with E-state index in [2.05, 4.69) is 10.6 Å². The molecule has 0 aliphatic carbocycles. The molecule has 226 valence electrons. The third-order valence-electron chi connectivity index (χ3n) is 7.44. The van der Waals surface area contributed by atoms with E-state index in [1.165, 1.54) is 11.3 Å². The van der Waals surface area contributed by atoms with E-state index in [0.29, 0.717) is 40.1 Å². The van der Waals surface area contributed by atoms with Gasteiger partial charge in [-0.1, -0.05) is 24.3 Å². The van der Waals surface area contributed by atoms with Crippen molar-refractivity contribution in [2.75, 3.05) is 28.0 Å². The minimum Gasteiger partial charge on any atom is -0.507 e. The molecule has 0 radical (unpaired) electrons. The monoisotopic (exact) mass is 630 g/mol. The smallest absolute Gasteiger partial charge is 0.412 e. The molecule has 2 aromatic heterocycles. The van der Waals surface area contributed by atoms with Gasteiger partial charge < -0.3 is 24.6 Å². The Morgan fingerprint density at radius 3 is 2.50 bits per heavy atom. The fraction of sp³-hybridized carbons (Fsp3) is 0.242. The minimum absolute atomic E-state index is 0.0605. The van der Waals surface area contributed by atoms with Gasteiger partial charge in [0.25, 0.3) is 11.8 Å². The summed E-state index contributed by atoms with van der Waals surface area (Å²) in [6.45, 7) is 5.74. The molecule has 9 nitrogen and oxygen atoms in total. The van der Waals surface area contributed by atoms with Gasteiger partial charge in [-0.2, -0.15) is 0 Å². The normalized spacial score (nSPS) is 14.6. The fourth-order valence-corrected chi connectivity index (χ4v) is 6.82. The van der Waals surface area contributed by atoms with Crippen molar-refractivity contribution in [2.24, 2.45) is 7.05 Å². The Bertz CT molecular complexity index is 1960. The van der Waals surface area contributed by atoms with Crippen LogP contribution in [-0.4, -0.2) is 45.6 Å². The summed E-state index contributed by atoms with van der Waals surface area (Å²) < 4.78 is 7.80. The average molecular weight is 631 g/mol. The molecule has 0 unspecified atom stereocenters. The van der Waals surface area contributed by atoms with E-state index in [0.717, 1.165) is 26.4 Å². The van der Waals surface area contributed by atoms with Crippen LogP contribution >= 0.6 is 22.9 Å². The summed E-state index contributed by atoms with van der Waals surface area (Å²) in [6, 6.07) is 18.1. The second-order valence-corrected chi connectivity index (χ2v) is 13.2. The van der Waals surface area contributed by atoms with Gasteiger partial charge in [-0.3, -0.25) is 14.9 Å². The number of alkyl halides is 1. The van der Waals surface area contributed by atoms with Gasteiger partial charge in [0.1, 0.15) is 17.0 Å². The molecule has 0 bridgehead atoms. The number of hydrogen-bond donors (Lipinski definition) is 3. The average Bonchev–Trinajstić information content (AvgIpc) is 3.66. The van der Waals surface area contributed by atoms with Crippen LogP contribution < -0.4 is 15.5 Å². The number of aromatic nitrogens is 1. The van der Waals surface area contributed by atoms with Crippen LogP contribution in [0.3, 0.4) is 0 Å². The van der Waals surface area contributed by atoms with Crippen molar-refractivity contribution in [3.05, 3.63) is 83.0 Å². The SMILES string of the molecule is Cn1cc(NC(=O)OC(C)(C)C)cc1C(=O)Nc1ccc2sc(C(=O)N3C[C@@H](CCl)c4c3cc(O)c3ccccc43)cc2c1. The predicted molar refractivity (Wildman–Crippen MR) is 176 cm³/mol. The number of thiophene rings is 1. The summed E-state index contributed by atoms with van der Waals surface area (Å²) in [5.41, 5.74) is 2.34. The summed E-state index contributed by atoms with van der Waals surface area (Å²) in [6.07, 6.45) is 1.02. The van der Waals surface area contributed by atoms with E-state index in [-0.39, 0.29) is 23.5 Å². The number of rotatable bonds is 5. The van der Waals surface area contributed by atoms with Crippen LogP contribution in [0, 0.1) is 0 Å². The molecular weight excluding hydrogens is 600 g/mol. The van der Waals surface area contributed by atoms with E-state index in [1.807, 2.05) is 42.5 Å². The molecule has 3 N–H and O–H groups in total. The first kappa shape index (κ1) is 29.5. The lowest BCUT2D eigenvalue weighted by atomic mass is 9.95. The first-order valence-corrected chi connectivity index (χ1v) is 15.4. The highest BCUT2D eigenvalue weighted by Gasteiger charge is 2.35. The van der Waals surface area contributed by atoms with Gasteiger partial charge in [0.15, 0.2) is 0 Å². The van der Waals surface area contributed by atoms with Crippen molar-refractivity contribution in [1.29, 1.82) is 0 Å². The van der Waals surface area contributed by atoms with Gasteiger partial charge >= 0.3 is 6.09 Å². The molecule has 0 saturated carbocycles. The van der Waals surface area contributed by atoms with Crippen LogP contribution in [0.5, 0.6) is 5.75 Å². The lowest BCUT2D eigenvalue weighted by molar-refractivity contribution is 0.0635. The lowest BCUT2D eigenvalue weighted by Gasteiger charge is -2.19. The van der Waals surface area contributed by atoms with Gasteiger partial charge in [-0.25, -0.2) is 4.79 Å². The van der Waals surface area contributed by atoms with Gasteiger partial charge in [-0.05, 0) is 67.4 Å². The molecule has 1 aliphatic rings. The van der Waals surface area contributed by atoms with Crippen LogP contribution in [0.2, 0.25) is 0 Å². The zero-order chi connectivity index (χ0) is 31.3. The number of anilines is 3. The van der Waals surface area contributed by atoms with Crippen LogP contribution in [0.1, 0.15) is 52.4 Å². The van der Waals surface area contributed by atoms with Crippen LogP contribution in [-0.2, 0) is 11.8 Å². The molecule has 11 heteroatoms. The minimum atomic E-state index is -0.646. The largest absolute Gasteiger partial charge is 0.507 e. The zero-order valence-corrected chi connectivity index (χ0v) is 26.2. The number of aryl methyl sites for hydroxylation is 1. The molecule has 0 fully saturated rings. The fourth-order valence-electron chi connectivity index (χ4n) is 5.58. The highest BCUT2D eigenvalue weighted by Crippen LogP contribution is 2.46.